The lowest BCUT2D eigenvalue weighted by atomic mass is 10.0. The Balaban J connectivity index is 1.40. The Morgan fingerprint density at radius 3 is 2.62 bits per heavy atom. The molecule has 0 unspecified atom stereocenters. The predicted molar refractivity (Wildman–Crippen MR) is 134 cm³/mol. The van der Waals surface area contributed by atoms with Crippen LogP contribution in [0.15, 0.2) is 65.2 Å². The molecule has 0 radical (unpaired) electrons. The van der Waals surface area contributed by atoms with Crippen LogP contribution < -0.4 is 10.1 Å². The first-order valence-electron chi connectivity index (χ1n) is 10.9. The van der Waals surface area contributed by atoms with Gasteiger partial charge < -0.3 is 14.5 Å². The van der Waals surface area contributed by atoms with Gasteiger partial charge in [-0.05, 0) is 53.8 Å². The molecular weight excluding hydrogens is 473 g/mol. The van der Waals surface area contributed by atoms with E-state index < -0.39 is 5.91 Å². The van der Waals surface area contributed by atoms with Gasteiger partial charge in [0.15, 0.2) is 11.6 Å². The zero-order valence-corrected chi connectivity index (χ0v) is 20.7. The Bertz CT molecular complexity index is 1300. The number of carbonyl (C=O) groups excluding carboxylic acids is 1. The van der Waals surface area contributed by atoms with Crippen molar-refractivity contribution >= 4 is 34.9 Å². The fourth-order valence-corrected chi connectivity index (χ4v) is 3.85. The molecule has 0 atom stereocenters. The summed E-state index contributed by atoms with van der Waals surface area (Å²) in [5, 5.41) is 8.13. The summed E-state index contributed by atoms with van der Waals surface area (Å²) < 4.78 is 13.4. The highest BCUT2D eigenvalue weighted by atomic mass is 35.5. The quantitative estimate of drug-likeness (QED) is 0.282. The zero-order chi connectivity index (χ0) is 24.2. The molecule has 2 aromatic carbocycles. The Labute approximate surface area is 208 Å². The number of ether oxygens (including phenoxy) is 1. The normalized spacial score (nSPS) is 11.1. The van der Waals surface area contributed by atoms with E-state index in [2.05, 4.69) is 24.3 Å². The fourth-order valence-electron chi connectivity index (χ4n) is 3.48. The van der Waals surface area contributed by atoms with Crippen molar-refractivity contribution in [3.8, 4) is 5.75 Å². The number of aryl methyl sites for hydroxylation is 1. The van der Waals surface area contributed by atoms with Crippen LogP contribution in [0.2, 0.25) is 10.0 Å². The molecule has 0 aliphatic heterocycles. The van der Waals surface area contributed by atoms with Crippen LogP contribution >= 0.6 is 23.2 Å². The second-order valence-corrected chi connectivity index (χ2v) is 9.13. The maximum absolute atomic E-state index is 12.7. The van der Waals surface area contributed by atoms with Crippen molar-refractivity contribution in [2.45, 2.75) is 39.8 Å². The SMILES string of the molecule is Cc1cc(OCc2ccc(C(=O)Nc3nn(Cc4ccccc4)cc3Cl)o2)c(C(C)C)cc1Cl. The van der Waals surface area contributed by atoms with Crippen LogP contribution in [0.1, 0.15) is 52.8 Å². The molecule has 0 bridgehead atoms. The van der Waals surface area contributed by atoms with E-state index in [4.69, 9.17) is 32.4 Å². The van der Waals surface area contributed by atoms with Gasteiger partial charge in [-0.15, -0.1) is 0 Å². The summed E-state index contributed by atoms with van der Waals surface area (Å²) in [6, 6.07) is 17.0. The maximum atomic E-state index is 12.7. The molecule has 6 nitrogen and oxygen atoms in total. The molecule has 0 aliphatic rings. The topological polar surface area (TPSA) is 69.3 Å². The summed E-state index contributed by atoms with van der Waals surface area (Å²) in [5.74, 6) is 1.49. The van der Waals surface area contributed by atoms with Crippen molar-refractivity contribution < 1.29 is 13.9 Å². The summed E-state index contributed by atoms with van der Waals surface area (Å²) >= 11 is 12.5. The number of hydrogen-bond donors (Lipinski definition) is 1. The molecule has 0 saturated heterocycles. The summed E-state index contributed by atoms with van der Waals surface area (Å²) in [7, 11) is 0. The Hall–Kier alpha value is -3.22. The Morgan fingerprint density at radius 1 is 1.12 bits per heavy atom. The van der Waals surface area contributed by atoms with Crippen LogP contribution in [0.25, 0.3) is 0 Å². The summed E-state index contributed by atoms with van der Waals surface area (Å²) in [4.78, 5) is 12.7. The van der Waals surface area contributed by atoms with Crippen molar-refractivity contribution in [2.24, 2.45) is 0 Å². The number of nitrogens with one attached hydrogen (secondary N) is 1. The third-order valence-corrected chi connectivity index (χ3v) is 5.99. The van der Waals surface area contributed by atoms with Crippen LogP contribution in [0, 0.1) is 6.92 Å². The number of benzene rings is 2. The first-order chi connectivity index (χ1) is 16.3. The minimum atomic E-state index is -0.441. The number of rotatable bonds is 8. The van der Waals surface area contributed by atoms with Crippen molar-refractivity contribution in [3.63, 3.8) is 0 Å². The van der Waals surface area contributed by atoms with Crippen molar-refractivity contribution in [1.29, 1.82) is 0 Å². The van der Waals surface area contributed by atoms with Gasteiger partial charge in [0.05, 0.1) is 6.54 Å². The molecule has 0 aliphatic carbocycles. The summed E-state index contributed by atoms with van der Waals surface area (Å²) in [5.41, 5.74) is 3.02. The number of carbonyl (C=O) groups is 1. The van der Waals surface area contributed by atoms with Gasteiger partial charge in [0, 0.05) is 11.2 Å². The van der Waals surface area contributed by atoms with Crippen LogP contribution in [0.3, 0.4) is 0 Å². The van der Waals surface area contributed by atoms with E-state index in [9.17, 15) is 4.79 Å². The number of aromatic nitrogens is 2. The maximum Gasteiger partial charge on any atom is 0.292 e. The monoisotopic (exact) mass is 497 g/mol. The van der Waals surface area contributed by atoms with E-state index in [0.717, 1.165) is 22.4 Å². The lowest BCUT2D eigenvalue weighted by Gasteiger charge is -2.15. The second kappa shape index (κ2) is 10.4. The van der Waals surface area contributed by atoms with Crippen LogP contribution in [0.5, 0.6) is 5.75 Å². The van der Waals surface area contributed by atoms with Gasteiger partial charge in [-0.25, -0.2) is 0 Å². The molecule has 0 saturated carbocycles. The number of amides is 1. The molecule has 0 fully saturated rings. The van der Waals surface area contributed by atoms with E-state index >= 15 is 0 Å². The van der Waals surface area contributed by atoms with Gasteiger partial charge in [-0.2, -0.15) is 5.10 Å². The van der Waals surface area contributed by atoms with E-state index in [1.807, 2.05) is 49.4 Å². The third kappa shape index (κ3) is 5.64. The highest BCUT2D eigenvalue weighted by molar-refractivity contribution is 6.33. The smallest absolute Gasteiger partial charge is 0.292 e. The number of hydrogen-bond acceptors (Lipinski definition) is 4. The van der Waals surface area contributed by atoms with Crippen LogP contribution in [-0.4, -0.2) is 15.7 Å². The lowest BCUT2D eigenvalue weighted by molar-refractivity contribution is 0.0992. The molecule has 176 valence electrons. The number of anilines is 1. The predicted octanol–water partition coefficient (Wildman–Crippen LogP) is 7.09. The average molecular weight is 498 g/mol. The van der Waals surface area contributed by atoms with E-state index in [0.29, 0.717) is 22.4 Å². The fraction of sp³-hybridized carbons (Fsp3) is 0.231. The van der Waals surface area contributed by atoms with Gasteiger partial charge in [0.25, 0.3) is 5.91 Å². The Morgan fingerprint density at radius 2 is 1.88 bits per heavy atom. The molecule has 2 heterocycles. The number of nitrogens with zero attached hydrogens (tertiary/aromatic N) is 2. The molecule has 1 N–H and O–H groups in total. The molecule has 2 aromatic heterocycles. The van der Waals surface area contributed by atoms with E-state index in [-0.39, 0.29) is 24.1 Å². The third-order valence-electron chi connectivity index (χ3n) is 5.30. The molecule has 34 heavy (non-hydrogen) atoms. The highest BCUT2D eigenvalue weighted by Gasteiger charge is 2.17. The lowest BCUT2D eigenvalue weighted by Crippen LogP contribution is -2.12. The van der Waals surface area contributed by atoms with Gasteiger partial charge in [-0.1, -0.05) is 67.4 Å². The molecule has 1 amide bonds. The first kappa shape index (κ1) is 23.9. The molecular formula is C26H25Cl2N3O3. The standard InChI is InChI=1S/C26H25Cl2N3O3/c1-16(2)20-12-21(27)17(3)11-24(20)33-15-19-9-10-23(34-19)26(32)29-25-22(28)14-31(30-25)13-18-7-5-4-6-8-18/h4-12,14,16H,13,15H2,1-3H3,(H,29,30,32). The average Bonchev–Trinajstić information content (AvgIpc) is 3.41. The molecule has 0 spiro atoms. The molecule has 4 rings (SSSR count). The van der Waals surface area contributed by atoms with Crippen molar-refractivity contribution in [3.05, 3.63) is 99.1 Å². The van der Waals surface area contributed by atoms with Gasteiger partial charge in [-0.3, -0.25) is 9.48 Å². The summed E-state index contributed by atoms with van der Waals surface area (Å²) in [6.45, 7) is 6.81. The van der Waals surface area contributed by atoms with Gasteiger partial charge in [0.2, 0.25) is 0 Å². The summed E-state index contributed by atoms with van der Waals surface area (Å²) in [6.07, 6.45) is 1.67. The molecule has 8 heteroatoms. The van der Waals surface area contributed by atoms with Crippen molar-refractivity contribution in [1.82, 2.24) is 9.78 Å². The van der Waals surface area contributed by atoms with E-state index in [1.165, 1.54) is 0 Å². The highest BCUT2D eigenvalue weighted by Crippen LogP contribution is 2.32. The minimum Gasteiger partial charge on any atom is -0.485 e. The van der Waals surface area contributed by atoms with Gasteiger partial charge >= 0.3 is 0 Å². The van der Waals surface area contributed by atoms with E-state index in [1.54, 1.807) is 23.0 Å². The molecule has 4 aromatic rings. The van der Waals surface area contributed by atoms with Gasteiger partial charge in [0.1, 0.15) is 23.1 Å². The minimum absolute atomic E-state index is 0.142. The Kier molecular flexibility index (Phi) is 7.29. The number of halogens is 2. The van der Waals surface area contributed by atoms with Crippen molar-refractivity contribution in [2.75, 3.05) is 5.32 Å². The largest absolute Gasteiger partial charge is 0.485 e. The first-order valence-corrected chi connectivity index (χ1v) is 11.7. The van der Waals surface area contributed by atoms with Crippen LogP contribution in [0.4, 0.5) is 5.82 Å². The second-order valence-electron chi connectivity index (χ2n) is 8.31. The zero-order valence-electron chi connectivity index (χ0n) is 19.1. The van der Waals surface area contributed by atoms with Crippen LogP contribution in [-0.2, 0) is 13.2 Å². The number of furan rings is 1.